The normalized spacial score (nSPS) is 14.8. The number of nitriles is 1. The van der Waals surface area contributed by atoms with Gasteiger partial charge in [-0.15, -0.1) is 0 Å². The van der Waals surface area contributed by atoms with Crippen LogP contribution in [0.15, 0.2) is 18.2 Å². The number of rotatable bonds is 4. The Morgan fingerprint density at radius 3 is 2.84 bits per heavy atom. The molecule has 4 heteroatoms. The minimum atomic E-state index is 0.0120. The number of nitrogens with zero attached hydrogens (tertiary/aromatic N) is 2. The van der Waals surface area contributed by atoms with E-state index in [9.17, 15) is 4.79 Å². The van der Waals surface area contributed by atoms with E-state index in [1.165, 1.54) is 0 Å². The molecule has 0 spiro atoms. The first-order valence-corrected chi connectivity index (χ1v) is 6.54. The zero-order valence-electron chi connectivity index (χ0n) is 11.6. The Hall–Kier alpha value is -2.02. The van der Waals surface area contributed by atoms with Crippen LogP contribution in [0.4, 0.5) is 11.4 Å². The van der Waals surface area contributed by atoms with Crippen molar-refractivity contribution in [2.75, 3.05) is 23.8 Å². The minimum absolute atomic E-state index is 0.0120. The first-order chi connectivity index (χ1) is 9.01. The smallest absolute Gasteiger partial charge is 0.228 e. The van der Waals surface area contributed by atoms with E-state index in [2.05, 4.69) is 30.1 Å². The maximum atomic E-state index is 11.3. The number of amides is 1. The molecule has 1 aliphatic rings. The zero-order chi connectivity index (χ0) is 14.0. The van der Waals surface area contributed by atoms with Crippen LogP contribution < -0.4 is 10.2 Å². The Bertz CT molecular complexity index is 531. The minimum Gasteiger partial charge on any atom is -0.373 e. The number of carbonyl (C=O) groups is 1. The van der Waals surface area contributed by atoms with Gasteiger partial charge in [-0.05, 0) is 29.7 Å². The van der Waals surface area contributed by atoms with Crippen molar-refractivity contribution in [1.29, 1.82) is 5.26 Å². The van der Waals surface area contributed by atoms with Gasteiger partial charge in [-0.1, -0.05) is 13.8 Å². The molecule has 1 aromatic carbocycles. The zero-order valence-corrected chi connectivity index (χ0v) is 11.6. The molecule has 0 saturated carbocycles. The number of fused-ring (bicyclic) bond motifs is 1. The molecule has 1 N–H and O–H groups in total. The molecule has 1 unspecified atom stereocenters. The lowest BCUT2D eigenvalue weighted by Crippen LogP contribution is -2.27. The van der Waals surface area contributed by atoms with Crippen LogP contribution in [0.1, 0.15) is 19.4 Å². The third kappa shape index (κ3) is 2.87. The summed E-state index contributed by atoms with van der Waals surface area (Å²) in [6, 6.07) is 8.30. The van der Waals surface area contributed by atoms with Gasteiger partial charge in [0, 0.05) is 25.0 Å². The van der Waals surface area contributed by atoms with Crippen molar-refractivity contribution in [3.63, 3.8) is 0 Å². The second-order valence-corrected chi connectivity index (χ2v) is 5.43. The highest BCUT2D eigenvalue weighted by Gasteiger charge is 2.20. The molecule has 100 valence electrons. The summed E-state index contributed by atoms with van der Waals surface area (Å²) in [6.07, 6.45) is 0.447. The van der Waals surface area contributed by atoms with E-state index in [4.69, 9.17) is 5.26 Å². The molecular formula is C15H19N3O. The molecule has 1 aliphatic heterocycles. The first-order valence-electron chi connectivity index (χ1n) is 6.54. The Morgan fingerprint density at radius 2 is 2.21 bits per heavy atom. The fourth-order valence-electron chi connectivity index (χ4n) is 2.25. The highest BCUT2D eigenvalue weighted by atomic mass is 16.1. The van der Waals surface area contributed by atoms with Crippen LogP contribution in [0.2, 0.25) is 0 Å². The van der Waals surface area contributed by atoms with E-state index in [1.807, 2.05) is 25.2 Å². The molecule has 1 atom stereocenters. The van der Waals surface area contributed by atoms with E-state index in [0.29, 0.717) is 18.9 Å². The lowest BCUT2D eigenvalue weighted by Gasteiger charge is -2.24. The number of hydrogen-bond acceptors (Lipinski definition) is 3. The van der Waals surface area contributed by atoms with Crippen molar-refractivity contribution >= 4 is 17.3 Å². The van der Waals surface area contributed by atoms with Crippen LogP contribution in [0.3, 0.4) is 0 Å². The van der Waals surface area contributed by atoms with Crippen LogP contribution >= 0.6 is 0 Å². The van der Waals surface area contributed by atoms with Gasteiger partial charge in [0.25, 0.3) is 0 Å². The van der Waals surface area contributed by atoms with Gasteiger partial charge in [0.1, 0.15) is 0 Å². The quantitative estimate of drug-likeness (QED) is 0.901. The lowest BCUT2D eigenvalue weighted by atomic mass is 9.97. The molecular weight excluding hydrogens is 238 g/mol. The van der Waals surface area contributed by atoms with Gasteiger partial charge in [-0.3, -0.25) is 4.79 Å². The van der Waals surface area contributed by atoms with Gasteiger partial charge in [0.05, 0.1) is 18.4 Å². The number of hydrogen-bond donors (Lipinski definition) is 1. The van der Waals surface area contributed by atoms with E-state index >= 15 is 0 Å². The summed E-state index contributed by atoms with van der Waals surface area (Å²) >= 11 is 0. The Kier molecular flexibility index (Phi) is 3.75. The Labute approximate surface area is 114 Å². The summed E-state index contributed by atoms with van der Waals surface area (Å²) in [5, 5.41) is 12.0. The largest absolute Gasteiger partial charge is 0.373 e. The molecule has 2 rings (SSSR count). The molecule has 1 amide bonds. The van der Waals surface area contributed by atoms with Crippen LogP contribution in [-0.4, -0.2) is 19.5 Å². The van der Waals surface area contributed by atoms with E-state index in [-0.39, 0.29) is 11.8 Å². The van der Waals surface area contributed by atoms with Gasteiger partial charge in [0.15, 0.2) is 0 Å². The van der Waals surface area contributed by atoms with Crippen molar-refractivity contribution < 1.29 is 4.79 Å². The Morgan fingerprint density at radius 1 is 1.47 bits per heavy atom. The number of carbonyl (C=O) groups excluding carboxylic acids is 1. The molecule has 1 heterocycles. The van der Waals surface area contributed by atoms with Gasteiger partial charge in [0.2, 0.25) is 5.91 Å². The fourth-order valence-corrected chi connectivity index (χ4v) is 2.25. The maximum absolute atomic E-state index is 11.3. The second-order valence-electron chi connectivity index (χ2n) is 5.43. The van der Waals surface area contributed by atoms with Gasteiger partial charge in [-0.2, -0.15) is 5.26 Å². The molecule has 19 heavy (non-hydrogen) atoms. The van der Waals surface area contributed by atoms with Crippen molar-refractivity contribution in [2.45, 2.75) is 20.3 Å². The van der Waals surface area contributed by atoms with Crippen LogP contribution in [0, 0.1) is 23.2 Å². The molecule has 4 nitrogen and oxygen atoms in total. The molecule has 0 fully saturated rings. The highest BCUT2D eigenvalue weighted by Crippen LogP contribution is 2.28. The third-order valence-electron chi connectivity index (χ3n) is 3.60. The average Bonchev–Trinajstić information content (AvgIpc) is 2.74. The number of anilines is 2. The lowest BCUT2D eigenvalue weighted by molar-refractivity contribution is -0.115. The van der Waals surface area contributed by atoms with E-state index < -0.39 is 0 Å². The summed E-state index contributed by atoms with van der Waals surface area (Å²) in [6.45, 7) is 4.83. The highest BCUT2D eigenvalue weighted by molar-refractivity contribution is 5.99. The molecule has 0 aliphatic carbocycles. The number of nitrogens with one attached hydrogen (secondary N) is 1. The Balaban J connectivity index is 2.13. The monoisotopic (exact) mass is 257 g/mol. The predicted octanol–water partition coefficient (Wildman–Crippen LogP) is 2.41. The van der Waals surface area contributed by atoms with E-state index in [0.717, 1.165) is 16.9 Å². The summed E-state index contributed by atoms with van der Waals surface area (Å²) < 4.78 is 0. The van der Waals surface area contributed by atoms with E-state index in [1.54, 1.807) is 0 Å². The maximum Gasteiger partial charge on any atom is 0.228 e. The molecule has 0 bridgehead atoms. The SMILES string of the molecule is CC(C)C(C#N)CN(C)c1ccc2c(c1)CC(=O)N2. The average molecular weight is 257 g/mol. The molecule has 0 saturated heterocycles. The van der Waals surface area contributed by atoms with Crippen molar-refractivity contribution in [3.8, 4) is 6.07 Å². The standard InChI is InChI=1S/C15H19N3O/c1-10(2)12(8-16)9-18(3)13-4-5-14-11(6-13)7-15(19)17-14/h4-6,10,12H,7,9H2,1-3H3,(H,17,19). The summed E-state index contributed by atoms with van der Waals surface area (Å²) in [7, 11) is 1.98. The molecule has 1 aromatic rings. The second kappa shape index (κ2) is 5.31. The predicted molar refractivity (Wildman–Crippen MR) is 76.0 cm³/mol. The fraction of sp³-hybridized carbons (Fsp3) is 0.467. The van der Waals surface area contributed by atoms with Crippen molar-refractivity contribution in [2.24, 2.45) is 11.8 Å². The van der Waals surface area contributed by atoms with Crippen LogP contribution in [-0.2, 0) is 11.2 Å². The topological polar surface area (TPSA) is 56.1 Å². The molecule has 0 aromatic heterocycles. The summed E-state index contributed by atoms with van der Waals surface area (Å²) in [4.78, 5) is 13.4. The van der Waals surface area contributed by atoms with Gasteiger partial charge >= 0.3 is 0 Å². The van der Waals surface area contributed by atoms with Gasteiger partial charge < -0.3 is 10.2 Å². The number of benzene rings is 1. The van der Waals surface area contributed by atoms with Crippen LogP contribution in [0.25, 0.3) is 0 Å². The third-order valence-corrected chi connectivity index (χ3v) is 3.60. The van der Waals surface area contributed by atoms with Crippen molar-refractivity contribution in [1.82, 2.24) is 0 Å². The first kappa shape index (κ1) is 13.4. The molecule has 0 radical (unpaired) electrons. The van der Waals surface area contributed by atoms with Crippen molar-refractivity contribution in [3.05, 3.63) is 23.8 Å². The summed E-state index contributed by atoms with van der Waals surface area (Å²) in [5.41, 5.74) is 2.99. The van der Waals surface area contributed by atoms with Crippen LogP contribution in [0.5, 0.6) is 0 Å². The van der Waals surface area contributed by atoms with Gasteiger partial charge in [-0.25, -0.2) is 0 Å². The summed E-state index contributed by atoms with van der Waals surface area (Å²) in [5.74, 6) is 0.398.